The third-order valence-electron chi connectivity index (χ3n) is 4.36. The first-order chi connectivity index (χ1) is 11.7. The molecule has 0 aliphatic carbocycles. The van der Waals surface area contributed by atoms with Crippen molar-refractivity contribution in [2.24, 2.45) is 4.99 Å². The monoisotopic (exact) mass is 498 g/mol. The molecule has 2 aliphatic rings. The molecule has 140 valence electrons. The van der Waals surface area contributed by atoms with Crippen LogP contribution in [0.1, 0.15) is 17.7 Å². The number of nitrogens with one attached hydrogen (secondary N) is 1. The average molecular weight is 499 g/mol. The van der Waals surface area contributed by atoms with Crippen molar-refractivity contribution >= 4 is 58.8 Å². The number of thiophene rings is 1. The summed E-state index contributed by atoms with van der Waals surface area (Å²) in [5.41, 5.74) is 0. The molecule has 1 unspecified atom stereocenters. The maximum absolute atomic E-state index is 12.4. The van der Waals surface area contributed by atoms with Gasteiger partial charge in [0.05, 0.1) is 10.9 Å². The number of hydrogen-bond acceptors (Lipinski definition) is 4. The van der Waals surface area contributed by atoms with Gasteiger partial charge in [0.15, 0.2) is 5.96 Å². The Balaban J connectivity index is 0.00000225. The summed E-state index contributed by atoms with van der Waals surface area (Å²) in [6.07, 6.45) is 1.61. The van der Waals surface area contributed by atoms with E-state index in [0.29, 0.717) is 26.2 Å². The fraction of sp³-hybridized carbons (Fsp3) is 0.625. The second kappa shape index (κ2) is 9.94. The molecule has 0 aromatic carbocycles. The smallest absolute Gasteiger partial charge is 0.251 e. The van der Waals surface area contributed by atoms with Crippen molar-refractivity contribution in [3.63, 3.8) is 0 Å². The molecule has 1 N–H and O–H groups in total. The van der Waals surface area contributed by atoms with Gasteiger partial charge in [-0.2, -0.15) is 0 Å². The number of rotatable bonds is 3. The van der Waals surface area contributed by atoms with Crippen molar-refractivity contribution < 1.29 is 9.53 Å². The zero-order chi connectivity index (χ0) is 16.9. The highest BCUT2D eigenvalue weighted by Crippen LogP contribution is 2.21. The van der Waals surface area contributed by atoms with E-state index in [-0.39, 0.29) is 36.0 Å². The van der Waals surface area contributed by atoms with Crippen LogP contribution in [0.5, 0.6) is 0 Å². The first-order valence-electron chi connectivity index (χ1n) is 8.27. The number of carbonyl (C=O) groups excluding carboxylic acids is 1. The van der Waals surface area contributed by atoms with Gasteiger partial charge in [-0.1, -0.05) is 11.6 Å². The van der Waals surface area contributed by atoms with Gasteiger partial charge in [0.1, 0.15) is 6.10 Å². The van der Waals surface area contributed by atoms with E-state index in [1.54, 1.807) is 18.4 Å². The van der Waals surface area contributed by atoms with Gasteiger partial charge in [0, 0.05) is 44.7 Å². The zero-order valence-electron chi connectivity index (χ0n) is 14.2. The Hall–Kier alpha value is -0.580. The number of carbonyl (C=O) groups is 1. The maximum Gasteiger partial charge on any atom is 0.251 e. The minimum Gasteiger partial charge on any atom is -0.368 e. The number of aliphatic imine (C=N–C) groups is 1. The summed E-state index contributed by atoms with van der Waals surface area (Å²) in [6, 6.07) is 3.92. The van der Waals surface area contributed by atoms with E-state index in [1.165, 1.54) is 4.88 Å². The molecule has 3 heterocycles. The number of nitrogens with zero attached hydrogens (tertiary/aromatic N) is 3. The lowest BCUT2D eigenvalue weighted by molar-refractivity contribution is -0.142. The number of halogens is 2. The molecule has 25 heavy (non-hydrogen) atoms. The molecule has 6 nitrogen and oxygen atoms in total. The standard InChI is InChI=1S/C16H23ClN4O2S.HI/c1-18-16(19-11-12-4-5-14(17)24-12)21-8-6-20(7-9-21)15(22)13-3-2-10-23-13;/h4-5,13H,2-3,6-11H2,1H3,(H,18,19);1H. The molecule has 1 aromatic rings. The van der Waals surface area contributed by atoms with Crippen LogP contribution in [0.4, 0.5) is 0 Å². The van der Waals surface area contributed by atoms with Crippen LogP contribution >= 0.6 is 46.9 Å². The Morgan fingerprint density at radius 2 is 2.08 bits per heavy atom. The topological polar surface area (TPSA) is 57.2 Å². The van der Waals surface area contributed by atoms with Crippen LogP contribution in [0.2, 0.25) is 4.34 Å². The number of piperazine rings is 1. The molecular formula is C16H24ClIN4O2S. The summed E-state index contributed by atoms with van der Waals surface area (Å²) in [5, 5.41) is 3.37. The third-order valence-corrected chi connectivity index (χ3v) is 5.59. The van der Waals surface area contributed by atoms with Gasteiger partial charge in [-0.15, -0.1) is 35.3 Å². The lowest BCUT2D eigenvalue weighted by Crippen LogP contribution is -2.55. The fourth-order valence-corrected chi connectivity index (χ4v) is 4.09. The normalized spacial score (nSPS) is 21.2. The molecule has 1 aromatic heterocycles. The van der Waals surface area contributed by atoms with E-state index < -0.39 is 0 Å². The van der Waals surface area contributed by atoms with Crippen molar-refractivity contribution in [1.29, 1.82) is 0 Å². The van der Waals surface area contributed by atoms with Crippen LogP contribution < -0.4 is 5.32 Å². The maximum atomic E-state index is 12.4. The molecule has 0 bridgehead atoms. The summed E-state index contributed by atoms with van der Waals surface area (Å²) < 4.78 is 6.30. The van der Waals surface area contributed by atoms with E-state index in [0.717, 1.165) is 36.2 Å². The lowest BCUT2D eigenvalue weighted by Gasteiger charge is -2.37. The van der Waals surface area contributed by atoms with Crippen LogP contribution in [-0.2, 0) is 16.1 Å². The Morgan fingerprint density at radius 1 is 1.36 bits per heavy atom. The van der Waals surface area contributed by atoms with Crippen molar-refractivity contribution in [2.45, 2.75) is 25.5 Å². The first-order valence-corrected chi connectivity index (χ1v) is 9.47. The molecule has 0 saturated carbocycles. The Bertz CT molecular complexity index is 599. The fourth-order valence-electron chi connectivity index (χ4n) is 3.06. The number of ether oxygens (including phenoxy) is 1. The van der Waals surface area contributed by atoms with Crippen LogP contribution in [0.25, 0.3) is 0 Å². The Morgan fingerprint density at radius 3 is 2.64 bits per heavy atom. The summed E-state index contributed by atoms with van der Waals surface area (Å²) in [4.78, 5) is 22.0. The minimum atomic E-state index is -0.224. The Kier molecular flexibility index (Phi) is 8.24. The molecule has 2 saturated heterocycles. The molecule has 3 rings (SSSR count). The quantitative estimate of drug-likeness (QED) is 0.395. The number of guanidine groups is 1. The number of hydrogen-bond donors (Lipinski definition) is 1. The summed E-state index contributed by atoms with van der Waals surface area (Å²) in [6.45, 7) is 4.40. The van der Waals surface area contributed by atoms with Crippen molar-refractivity contribution in [3.8, 4) is 0 Å². The minimum absolute atomic E-state index is 0. The molecular weight excluding hydrogens is 475 g/mol. The highest BCUT2D eigenvalue weighted by atomic mass is 127. The van der Waals surface area contributed by atoms with E-state index >= 15 is 0 Å². The van der Waals surface area contributed by atoms with Gasteiger partial charge >= 0.3 is 0 Å². The molecule has 0 radical (unpaired) electrons. The highest BCUT2D eigenvalue weighted by Gasteiger charge is 2.30. The van der Waals surface area contributed by atoms with Crippen LogP contribution in [0.3, 0.4) is 0 Å². The molecule has 2 fully saturated rings. The van der Waals surface area contributed by atoms with Gasteiger partial charge < -0.3 is 19.9 Å². The van der Waals surface area contributed by atoms with Gasteiger partial charge in [-0.3, -0.25) is 9.79 Å². The highest BCUT2D eigenvalue weighted by molar-refractivity contribution is 14.0. The zero-order valence-corrected chi connectivity index (χ0v) is 18.1. The van der Waals surface area contributed by atoms with E-state index in [4.69, 9.17) is 16.3 Å². The molecule has 9 heteroatoms. The molecule has 1 amide bonds. The Labute approximate surface area is 174 Å². The molecule has 1 atom stereocenters. The summed E-state index contributed by atoms with van der Waals surface area (Å²) in [7, 11) is 1.79. The second-order valence-electron chi connectivity index (χ2n) is 5.92. The second-order valence-corrected chi connectivity index (χ2v) is 7.72. The molecule has 2 aliphatic heterocycles. The summed E-state index contributed by atoms with van der Waals surface area (Å²) >= 11 is 7.53. The predicted octanol–water partition coefficient (Wildman–Crippen LogP) is 2.42. The van der Waals surface area contributed by atoms with E-state index in [2.05, 4.69) is 15.2 Å². The van der Waals surface area contributed by atoms with Crippen molar-refractivity contribution in [2.75, 3.05) is 39.8 Å². The predicted molar refractivity (Wildman–Crippen MR) is 112 cm³/mol. The largest absolute Gasteiger partial charge is 0.368 e. The lowest BCUT2D eigenvalue weighted by atomic mass is 10.2. The third kappa shape index (κ3) is 5.45. The van der Waals surface area contributed by atoms with Gasteiger partial charge in [0.25, 0.3) is 5.91 Å². The SMILES string of the molecule is CN=C(NCc1ccc(Cl)s1)N1CCN(C(=O)C2CCCO2)CC1.I. The van der Waals surface area contributed by atoms with Gasteiger partial charge in [-0.25, -0.2) is 0 Å². The van der Waals surface area contributed by atoms with Crippen LogP contribution in [0.15, 0.2) is 17.1 Å². The van der Waals surface area contributed by atoms with E-state index in [9.17, 15) is 4.79 Å². The van der Waals surface area contributed by atoms with Crippen molar-refractivity contribution in [3.05, 3.63) is 21.3 Å². The summed E-state index contributed by atoms with van der Waals surface area (Å²) in [5.74, 6) is 1.01. The van der Waals surface area contributed by atoms with Gasteiger partial charge in [0.2, 0.25) is 0 Å². The van der Waals surface area contributed by atoms with Crippen molar-refractivity contribution in [1.82, 2.24) is 15.1 Å². The average Bonchev–Trinajstić information content (AvgIpc) is 3.27. The molecule has 0 spiro atoms. The number of amides is 1. The van der Waals surface area contributed by atoms with Crippen LogP contribution in [-0.4, -0.2) is 67.6 Å². The van der Waals surface area contributed by atoms with E-state index in [1.807, 2.05) is 17.0 Å². The van der Waals surface area contributed by atoms with Gasteiger partial charge in [-0.05, 0) is 25.0 Å². The first kappa shape index (κ1) is 20.7. The van der Waals surface area contributed by atoms with Crippen LogP contribution in [0, 0.1) is 0 Å².